The van der Waals surface area contributed by atoms with Crippen molar-refractivity contribution in [3.05, 3.63) is 30.1 Å². The molecule has 1 aromatic rings. The van der Waals surface area contributed by atoms with E-state index in [0.717, 1.165) is 16.4 Å². The Morgan fingerprint density at radius 3 is 2.36 bits per heavy atom. The quantitative estimate of drug-likeness (QED) is 0.469. The third kappa shape index (κ3) is 5.49. The lowest BCUT2D eigenvalue weighted by molar-refractivity contribution is -0.141. The Kier molecular flexibility index (Phi) is 7.08. The van der Waals surface area contributed by atoms with Crippen LogP contribution in [0.2, 0.25) is 0 Å². The van der Waals surface area contributed by atoms with Gasteiger partial charge in [-0.1, -0.05) is 0 Å². The number of nitrogens with zero attached hydrogens (tertiary/aromatic N) is 1. The van der Waals surface area contributed by atoms with Crippen LogP contribution in [-0.4, -0.2) is 49.6 Å². The van der Waals surface area contributed by atoms with Gasteiger partial charge in [-0.2, -0.15) is 4.31 Å². The van der Waals surface area contributed by atoms with E-state index in [9.17, 15) is 27.2 Å². The molecule has 1 aromatic carbocycles. The van der Waals surface area contributed by atoms with Crippen LogP contribution < -0.4 is 16.2 Å². The van der Waals surface area contributed by atoms with Gasteiger partial charge in [-0.05, 0) is 51.0 Å². The van der Waals surface area contributed by atoms with Crippen LogP contribution in [0.3, 0.4) is 0 Å². The first kappa shape index (κ1) is 21.8. The number of carbonyl (C=O) groups excluding carboxylic acids is 3. The molecular weight excluding hydrogens is 391 g/mol. The Morgan fingerprint density at radius 1 is 1.11 bits per heavy atom. The molecule has 1 atom stereocenters. The van der Waals surface area contributed by atoms with E-state index in [1.165, 1.54) is 12.1 Å². The first-order chi connectivity index (χ1) is 13.1. The van der Waals surface area contributed by atoms with Gasteiger partial charge in [0.25, 0.3) is 0 Å². The number of benzene rings is 1. The van der Waals surface area contributed by atoms with Crippen LogP contribution in [-0.2, 0) is 24.4 Å². The first-order valence-corrected chi connectivity index (χ1v) is 10.2. The fraction of sp³-hybridized carbons (Fsp3) is 0.471. The molecule has 0 bridgehead atoms. The second kappa shape index (κ2) is 9.11. The Morgan fingerprint density at radius 2 is 1.75 bits per heavy atom. The van der Waals surface area contributed by atoms with E-state index in [-0.39, 0.29) is 24.0 Å². The molecule has 0 aromatic heterocycles. The summed E-state index contributed by atoms with van der Waals surface area (Å²) in [5.41, 5.74) is 4.17. The van der Waals surface area contributed by atoms with Crippen LogP contribution in [0.4, 0.5) is 4.39 Å². The summed E-state index contributed by atoms with van der Waals surface area (Å²) in [5, 5.41) is 2.38. The Hall–Kier alpha value is -2.53. The molecule has 1 aliphatic rings. The largest absolute Gasteiger partial charge is 0.346 e. The minimum atomic E-state index is -3.87. The van der Waals surface area contributed by atoms with Crippen molar-refractivity contribution < 1.29 is 27.2 Å². The number of nitrogens with one attached hydrogen (secondary N) is 3. The van der Waals surface area contributed by atoms with Crippen LogP contribution in [0.25, 0.3) is 0 Å². The third-order valence-electron chi connectivity index (χ3n) is 4.13. The average Bonchev–Trinajstić information content (AvgIpc) is 2.65. The van der Waals surface area contributed by atoms with Crippen molar-refractivity contribution in [1.29, 1.82) is 0 Å². The van der Waals surface area contributed by atoms with Gasteiger partial charge in [0.2, 0.25) is 15.9 Å². The minimum absolute atomic E-state index is 0.0615. The maximum atomic E-state index is 13.0. The molecule has 0 aliphatic carbocycles. The maximum Gasteiger partial charge on any atom is 0.327 e. The third-order valence-corrected chi connectivity index (χ3v) is 6.01. The zero-order valence-electron chi connectivity index (χ0n) is 15.6. The van der Waals surface area contributed by atoms with Gasteiger partial charge in [0.15, 0.2) is 0 Å². The summed E-state index contributed by atoms with van der Waals surface area (Å²) in [4.78, 5) is 35.4. The summed E-state index contributed by atoms with van der Waals surface area (Å²) in [5.74, 6) is -3.75. The predicted molar refractivity (Wildman–Crippen MR) is 97.4 cm³/mol. The number of hydrazine groups is 1. The van der Waals surface area contributed by atoms with Crippen molar-refractivity contribution in [2.75, 3.05) is 13.1 Å². The number of sulfonamides is 1. The molecule has 0 radical (unpaired) electrons. The summed E-state index contributed by atoms with van der Waals surface area (Å²) in [6.45, 7) is 3.51. The first-order valence-electron chi connectivity index (χ1n) is 8.77. The number of carbonyl (C=O) groups is 3. The molecule has 2 rings (SSSR count). The fourth-order valence-corrected chi connectivity index (χ4v) is 4.26. The normalized spacial score (nSPS) is 17.8. The van der Waals surface area contributed by atoms with Gasteiger partial charge in [-0.3, -0.25) is 25.2 Å². The van der Waals surface area contributed by atoms with E-state index < -0.39 is 39.5 Å². The van der Waals surface area contributed by atoms with E-state index in [1.54, 1.807) is 13.8 Å². The molecule has 1 fully saturated rings. The zero-order chi connectivity index (χ0) is 20.9. The number of rotatable bonds is 4. The lowest BCUT2D eigenvalue weighted by atomic mass is 9.99. The number of hydrogen-bond acceptors (Lipinski definition) is 5. The lowest BCUT2D eigenvalue weighted by Crippen LogP contribution is -2.53. The number of hydrogen-bond donors (Lipinski definition) is 3. The van der Waals surface area contributed by atoms with Crippen molar-refractivity contribution in [3.8, 4) is 0 Å². The molecule has 1 aliphatic heterocycles. The van der Waals surface area contributed by atoms with Gasteiger partial charge < -0.3 is 5.32 Å². The summed E-state index contributed by atoms with van der Waals surface area (Å²) in [6.07, 6.45) is 0.871. The van der Waals surface area contributed by atoms with Gasteiger partial charge in [0.05, 0.1) is 10.8 Å². The van der Waals surface area contributed by atoms with Crippen LogP contribution in [0, 0.1) is 11.7 Å². The van der Waals surface area contributed by atoms with Gasteiger partial charge >= 0.3 is 11.8 Å². The van der Waals surface area contributed by atoms with Crippen molar-refractivity contribution in [1.82, 2.24) is 20.5 Å². The predicted octanol–water partition coefficient (Wildman–Crippen LogP) is -0.102. The van der Waals surface area contributed by atoms with E-state index in [4.69, 9.17) is 0 Å². The standard InChI is InChI=1S/C17H23FN4O5S/c1-11(2)19-16(24)17(25)21-20-15(23)12-4-3-9-22(10-12)28(26,27)14-7-5-13(18)6-8-14/h5-8,11-12H,3-4,9-10H2,1-2H3,(H,19,24)(H,20,23)(H,21,25)/t12-/m0/s1. The molecule has 3 amide bonds. The Labute approximate surface area is 162 Å². The smallest absolute Gasteiger partial charge is 0.327 e. The second-order valence-electron chi connectivity index (χ2n) is 6.73. The number of piperidine rings is 1. The second-order valence-corrected chi connectivity index (χ2v) is 8.67. The van der Waals surface area contributed by atoms with Gasteiger partial charge in [0.1, 0.15) is 5.82 Å². The molecule has 0 saturated carbocycles. The SMILES string of the molecule is CC(C)NC(=O)C(=O)NNC(=O)[C@H]1CCCN(S(=O)(=O)c2ccc(F)cc2)C1. The van der Waals surface area contributed by atoms with Crippen molar-refractivity contribution >= 4 is 27.7 Å². The van der Waals surface area contributed by atoms with E-state index >= 15 is 0 Å². The lowest BCUT2D eigenvalue weighted by Gasteiger charge is -2.31. The van der Waals surface area contributed by atoms with Gasteiger partial charge in [-0.15, -0.1) is 0 Å². The molecule has 3 N–H and O–H groups in total. The number of amides is 3. The highest BCUT2D eigenvalue weighted by Crippen LogP contribution is 2.24. The van der Waals surface area contributed by atoms with Crippen molar-refractivity contribution in [2.24, 2.45) is 5.92 Å². The van der Waals surface area contributed by atoms with Crippen LogP contribution in [0.15, 0.2) is 29.2 Å². The molecule has 1 saturated heterocycles. The van der Waals surface area contributed by atoms with E-state index in [1.807, 2.05) is 5.43 Å². The zero-order valence-corrected chi connectivity index (χ0v) is 16.4. The summed E-state index contributed by atoms with van der Waals surface area (Å²) in [7, 11) is -3.87. The van der Waals surface area contributed by atoms with Crippen LogP contribution in [0.5, 0.6) is 0 Å². The molecule has 0 spiro atoms. The molecule has 1 heterocycles. The minimum Gasteiger partial charge on any atom is -0.346 e. The van der Waals surface area contributed by atoms with E-state index in [0.29, 0.717) is 12.8 Å². The molecule has 154 valence electrons. The average molecular weight is 414 g/mol. The Bertz CT molecular complexity index is 842. The van der Waals surface area contributed by atoms with Crippen LogP contribution >= 0.6 is 0 Å². The topological polar surface area (TPSA) is 125 Å². The summed E-state index contributed by atoms with van der Waals surface area (Å²) >= 11 is 0. The highest BCUT2D eigenvalue weighted by Gasteiger charge is 2.33. The molecule has 0 unspecified atom stereocenters. The molecule has 28 heavy (non-hydrogen) atoms. The summed E-state index contributed by atoms with van der Waals surface area (Å²) < 4.78 is 39.5. The van der Waals surface area contributed by atoms with Crippen molar-refractivity contribution in [3.63, 3.8) is 0 Å². The molecule has 11 heteroatoms. The van der Waals surface area contributed by atoms with Crippen LogP contribution in [0.1, 0.15) is 26.7 Å². The molecule has 9 nitrogen and oxygen atoms in total. The van der Waals surface area contributed by atoms with E-state index in [2.05, 4.69) is 10.7 Å². The summed E-state index contributed by atoms with van der Waals surface area (Å²) in [6, 6.07) is 4.21. The highest BCUT2D eigenvalue weighted by atomic mass is 32.2. The van der Waals surface area contributed by atoms with Gasteiger partial charge in [0, 0.05) is 19.1 Å². The highest BCUT2D eigenvalue weighted by molar-refractivity contribution is 7.89. The fourth-order valence-electron chi connectivity index (χ4n) is 2.74. The van der Waals surface area contributed by atoms with Crippen molar-refractivity contribution in [2.45, 2.75) is 37.6 Å². The van der Waals surface area contributed by atoms with Gasteiger partial charge in [-0.25, -0.2) is 12.8 Å². The maximum absolute atomic E-state index is 13.0. The monoisotopic (exact) mass is 414 g/mol. The Balaban J connectivity index is 1.96. The number of halogens is 1. The molecular formula is C17H23FN4O5S.